The standard InChI is InChI=1S/C24H21ClN2O5S/c25-17-5-3-16(4-6-17)24(8-1-9-24)22(29)26-10-11-27-21(28)20(33-23(27)30)13-15-2-7-18-19(12-15)32-14-31-18/h2-7,12-13H,1,8-11,14H2,(H,26,29)/b20-13+. The van der Waals surface area contributed by atoms with E-state index in [9.17, 15) is 14.4 Å². The second-order valence-corrected chi connectivity index (χ2v) is 9.57. The van der Waals surface area contributed by atoms with Gasteiger partial charge in [-0.3, -0.25) is 19.3 Å². The number of carbonyl (C=O) groups is 3. The van der Waals surface area contributed by atoms with Gasteiger partial charge in [-0.1, -0.05) is 36.2 Å². The van der Waals surface area contributed by atoms with E-state index in [4.69, 9.17) is 21.1 Å². The first kappa shape index (κ1) is 21.9. The zero-order valence-electron chi connectivity index (χ0n) is 17.6. The molecule has 2 aromatic rings. The largest absolute Gasteiger partial charge is 0.454 e. The number of fused-ring (bicyclic) bond motifs is 1. The highest BCUT2D eigenvalue weighted by atomic mass is 35.5. The summed E-state index contributed by atoms with van der Waals surface area (Å²) in [6.45, 7) is 0.482. The first-order valence-electron chi connectivity index (χ1n) is 10.7. The Morgan fingerprint density at radius 1 is 1.12 bits per heavy atom. The van der Waals surface area contributed by atoms with Crippen LogP contribution in [0.1, 0.15) is 30.4 Å². The molecule has 0 atom stereocenters. The van der Waals surface area contributed by atoms with Crippen LogP contribution in [0.15, 0.2) is 47.4 Å². The molecule has 2 aromatic carbocycles. The fraction of sp³-hybridized carbons (Fsp3) is 0.292. The summed E-state index contributed by atoms with van der Waals surface area (Å²) in [6.07, 6.45) is 4.17. The maximum absolute atomic E-state index is 13.0. The predicted octanol–water partition coefficient (Wildman–Crippen LogP) is 4.34. The number of imide groups is 1. The Kier molecular flexibility index (Phi) is 5.80. The molecule has 1 aliphatic carbocycles. The van der Waals surface area contributed by atoms with E-state index in [1.54, 1.807) is 36.4 Å². The van der Waals surface area contributed by atoms with Gasteiger partial charge in [-0.2, -0.15) is 0 Å². The van der Waals surface area contributed by atoms with Crippen LogP contribution in [-0.4, -0.2) is 41.8 Å². The minimum absolute atomic E-state index is 0.0843. The third-order valence-electron chi connectivity index (χ3n) is 6.23. The molecule has 170 valence electrons. The van der Waals surface area contributed by atoms with Gasteiger partial charge in [0.15, 0.2) is 11.5 Å². The van der Waals surface area contributed by atoms with Gasteiger partial charge in [0, 0.05) is 18.1 Å². The van der Waals surface area contributed by atoms with Crippen molar-refractivity contribution in [3.63, 3.8) is 0 Å². The van der Waals surface area contributed by atoms with Crippen molar-refractivity contribution in [2.24, 2.45) is 0 Å². The average molecular weight is 485 g/mol. The minimum Gasteiger partial charge on any atom is -0.454 e. The number of hydrogen-bond donors (Lipinski definition) is 1. The van der Waals surface area contributed by atoms with Crippen LogP contribution in [0.25, 0.3) is 6.08 Å². The lowest BCUT2D eigenvalue weighted by atomic mass is 9.64. The number of nitrogens with zero attached hydrogens (tertiary/aromatic N) is 1. The molecule has 0 unspecified atom stereocenters. The lowest BCUT2D eigenvalue weighted by molar-refractivity contribution is -0.130. The molecule has 0 aromatic heterocycles. The molecule has 1 saturated heterocycles. The predicted molar refractivity (Wildman–Crippen MR) is 125 cm³/mol. The first-order chi connectivity index (χ1) is 16.0. The SMILES string of the molecule is O=C1S/C(=C/c2ccc3c(c2)OCO3)C(=O)N1CCNC(=O)C1(c2ccc(Cl)cc2)CCC1. The molecule has 2 fully saturated rings. The second kappa shape index (κ2) is 8.76. The molecular formula is C24H21ClN2O5S. The average Bonchev–Trinajstić information content (AvgIpc) is 3.33. The molecule has 9 heteroatoms. The van der Waals surface area contributed by atoms with Gasteiger partial charge in [0.2, 0.25) is 12.7 Å². The maximum atomic E-state index is 13.0. The molecule has 1 N–H and O–H groups in total. The molecule has 3 amide bonds. The van der Waals surface area contributed by atoms with Crippen LogP contribution in [0.5, 0.6) is 11.5 Å². The highest BCUT2D eigenvalue weighted by Crippen LogP contribution is 2.44. The summed E-state index contributed by atoms with van der Waals surface area (Å²) in [5, 5.41) is 3.20. The van der Waals surface area contributed by atoms with Crippen molar-refractivity contribution in [2.75, 3.05) is 19.9 Å². The van der Waals surface area contributed by atoms with Crippen molar-refractivity contribution in [2.45, 2.75) is 24.7 Å². The highest BCUT2D eigenvalue weighted by molar-refractivity contribution is 8.18. The Morgan fingerprint density at radius 3 is 2.61 bits per heavy atom. The van der Waals surface area contributed by atoms with E-state index in [-0.39, 0.29) is 36.9 Å². The number of thioether (sulfide) groups is 1. The number of amides is 3. The lowest BCUT2D eigenvalue weighted by Gasteiger charge is -2.40. The molecule has 2 aliphatic heterocycles. The number of rotatable bonds is 6. The molecule has 0 bridgehead atoms. The van der Waals surface area contributed by atoms with Crippen LogP contribution < -0.4 is 14.8 Å². The third-order valence-corrected chi connectivity index (χ3v) is 7.39. The fourth-order valence-corrected chi connectivity index (χ4v) is 5.23. The van der Waals surface area contributed by atoms with Gasteiger partial charge in [0.05, 0.1) is 10.3 Å². The molecule has 5 rings (SSSR count). The Balaban J connectivity index is 1.21. The van der Waals surface area contributed by atoms with Crippen LogP contribution in [-0.2, 0) is 15.0 Å². The van der Waals surface area contributed by atoms with E-state index in [0.29, 0.717) is 21.4 Å². The Morgan fingerprint density at radius 2 is 1.88 bits per heavy atom. The molecule has 2 heterocycles. The fourth-order valence-electron chi connectivity index (χ4n) is 4.24. The summed E-state index contributed by atoms with van der Waals surface area (Å²) in [4.78, 5) is 39.7. The lowest BCUT2D eigenvalue weighted by Crippen LogP contribution is -2.50. The summed E-state index contributed by atoms with van der Waals surface area (Å²) >= 11 is 6.87. The molecule has 0 radical (unpaired) electrons. The van der Waals surface area contributed by atoms with Crippen LogP contribution >= 0.6 is 23.4 Å². The summed E-state index contributed by atoms with van der Waals surface area (Å²) < 4.78 is 10.7. The van der Waals surface area contributed by atoms with E-state index in [1.807, 2.05) is 12.1 Å². The molecular weight excluding hydrogens is 464 g/mol. The molecule has 0 spiro atoms. The van der Waals surface area contributed by atoms with E-state index in [1.165, 1.54) is 4.90 Å². The zero-order chi connectivity index (χ0) is 23.0. The molecule has 1 saturated carbocycles. The van der Waals surface area contributed by atoms with Crippen molar-refractivity contribution in [3.8, 4) is 11.5 Å². The summed E-state index contributed by atoms with van der Waals surface area (Å²) in [5.41, 5.74) is 1.12. The first-order valence-corrected chi connectivity index (χ1v) is 11.9. The summed E-state index contributed by atoms with van der Waals surface area (Å²) in [6, 6.07) is 12.7. The van der Waals surface area contributed by atoms with Gasteiger partial charge >= 0.3 is 0 Å². The van der Waals surface area contributed by atoms with Gasteiger partial charge in [-0.15, -0.1) is 0 Å². The Labute approximate surface area is 200 Å². The van der Waals surface area contributed by atoms with Crippen molar-refractivity contribution < 1.29 is 23.9 Å². The van der Waals surface area contributed by atoms with Crippen molar-refractivity contribution >= 4 is 46.5 Å². The van der Waals surface area contributed by atoms with Gasteiger partial charge in [-0.05, 0) is 66.1 Å². The third kappa shape index (κ3) is 4.09. The van der Waals surface area contributed by atoms with Gasteiger partial charge < -0.3 is 14.8 Å². The molecule has 7 nitrogen and oxygen atoms in total. The maximum Gasteiger partial charge on any atom is 0.293 e. The van der Waals surface area contributed by atoms with E-state index >= 15 is 0 Å². The zero-order valence-corrected chi connectivity index (χ0v) is 19.2. The van der Waals surface area contributed by atoms with Crippen LogP contribution in [0.2, 0.25) is 5.02 Å². The Bertz CT molecular complexity index is 1160. The number of carbonyl (C=O) groups excluding carboxylic acids is 3. The van der Waals surface area contributed by atoms with E-state index in [2.05, 4.69) is 5.32 Å². The van der Waals surface area contributed by atoms with Crippen LogP contribution in [0, 0.1) is 0 Å². The Hall–Kier alpha value is -2.97. The number of nitrogens with one attached hydrogen (secondary N) is 1. The van der Waals surface area contributed by atoms with Crippen molar-refractivity contribution in [1.29, 1.82) is 0 Å². The quantitative estimate of drug-likeness (QED) is 0.614. The second-order valence-electron chi connectivity index (χ2n) is 8.14. The van der Waals surface area contributed by atoms with Crippen molar-refractivity contribution in [1.82, 2.24) is 10.2 Å². The van der Waals surface area contributed by atoms with E-state index < -0.39 is 5.41 Å². The summed E-state index contributed by atoms with van der Waals surface area (Å²) in [5.74, 6) is 0.807. The monoisotopic (exact) mass is 484 g/mol. The minimum atomic E-state index is -0.567. The van der Waals surface area contributed by atoms with Gasteiger partial charge in [0.1, 0.15) is 0 Å². The number of halogens is 1. The van der Waals surface area contributed by atoms with E-state index in [0.717, 1.165) is 42.2 Å². The molecule has 33 heavy (non-hydrogen) atoms. The number of benzene rings is 2. The smallest absolute Gasteiger partial charge is 0.293 e. The molecule has 3 aliphatic rings. The van der Waals surface area contributed by atoms with Crippen LogP contribution in [0.4, 0.5) is 4.79 Å². The number of ether oxygens (including phenoxy) is 2. The van der Waals surface area contributed by atoms with Gasteiger partial charge in [-0.25, -0.2) is 0 Å². The van der Waals surface area contributed by atoms with Crippen LogP contribution in [0.3, 0.4) is 0 Å². The number of hydrogen-bond acceptors (Lipinski definition) is 6. The normalized spacial score (nSPS) is 19.7. The highest BCUT2D eigenvalue weighted by Gasteiger charge is 2.45. The topological polar surface area (TPSA) is 84.9 Å². The van der Waals surface area contributed by atoms with Crippen molar-refractivity contribution in [3.05, 3.63) is 63.5 Å². The summed E-state index contributed by atoms with van der Waals surface area (Å²) in [7, 11) is 0. The van der Waals surface area contributed by atoms with Gasteiger partial charge in [0.25, 0.3) is 11.1 Å².